The molecule has 0 radical (unpaired) electrons. The van der Waals surface area contributed by atoms with Gasteiger partial charge in [-0.05, 0) is 27.2 Å². The van der Waals surface area contributed by atoms with Crippen molar-refractivity contribution in [3.63, 3.8) is 0 Å². The van der Waals surface area contributed by atoms with Gasteiger partial charge in [0.15, 0.2) is 0 Å². The fourth-order valence-corrected chi connectivity index (χ4v) is 2.33. The Labute approximate surface area is 94.4 Å². The van der Waals surface area contributed by atoms with Crippen LogP contribution in [0.3, 0.4) is 0 Å². The van der Waals surface area contributed by atoms with E-state index >= 15 is 0 Å². The summed E-state index contributed by atoms with van der Waals surface area (Å²) in [7, 11) is 0. The average Bonchev–Trinajstić information content (AvgIpc) is 2.18. The quantitative estimate of drug-likeness (QED) is 0.712. The molecule has 0 saturated carbocycles. The molecule has 15 heavy (non-hydrogen) atoms. The first-order chi connectivity index (χ1) is 7.00. The molecule has 1 heterocycles. The van der Waals surface area contributed by atoms with E-state index in [2.05, 4.69) is 43.8 Å². The van der Waals surface area contributed by atoms with Gasteiger partial charge in [-0.1, -0.05) is 6.92 Å². The van der Waals surface area contributed by atoms with Crippen molar-refractivity contribution in [1.29, 1.82) is 0 Å². The van der Waals surface area contributed by atoms with E-state index in [1.54, 1.807) is 0 Å². The summed E-state index contributed by atoms with van der Waals surface area (Å²) in [6, 6.07) is 1.14. The Bertz CT molecular complexity index is 239. The van der Waals surface area contributed by atoms with Crippen molar-refractivity contribution in [2.45, 2.75) is 58.2 Å². The number of nitrogens with zero attached hydrogens (tertiary/aromatic N) is 1. The van der Waals surface area contributed by atoms with Gasteiger partial charge >= 0.3 is 0 Å². The number of piperazine rings is 1. The molecule has 86 valence electrons. The molecule has 2 unspecified atom stereocenters. The van der Waals surface area contributed by atoms with Gasteiger partial charge in [-0.15, -0.1) is 12.3 Å². The largest absolute Gasteiger partial charge is 0.309 e. The molecule has 0 spiro atoms. The van der Waals surface area contributed by atoms with E-state index in [0.29, 0.717) is 12.1 Å². The Morgan fingerprint density at radius 1 is 1.60 bits per heavy atom. The highest BCUT2D eigenvalue weighted by molar-refractivity contribution is 4.97. The van der Waals surface area contributed by atoms with Crippen molar-refractivity contribution in [3.05, 3.63) is 0 Å². The van der Waals surface area contributed by atoms with Crippen molar-refractivity contribution in [1.82, 2.24) is 10.2 Å². The molecular formula is C13H24N2. The third-order valence-electron chi connectivity index (χ3n) is 3.31. The first-order valence-corrected chi connectivity index (χ1v) is 5.94. The zero-order chi connectivity index (χ0) is 11.5. The molecule has 0 bridgehead atoms. The van der Waals surface area contributed by atoms with Gasteiger partial charge in [-0.25, -0.2) is 0 Å². The molecule has 1 rings (SSSR count). The van der Waals surface area contributed by atoms with Crippen LogP contribution in [-0.4, -0.2) is 35.6 Å². The molecule has 0 aliphatic carbocycles. The highest BCUT2D eigenvalue weighted by atomic mass is 15.3. The zero-order valence-electron chi connectivity index (χ0n) is 10.5. The monoisotopic (exact) mass is 208 g/mol. The maximum absolute atomic E-state index is 5.43. The van der Waals surface area contributed by atoms with Crippen LogP contribution in [0, 0.1) is 12.3 Å². The Hall–Kier alpha value is -0.520. The van der Waals surface area contributed by atoms with Crippen LogP contribution in [0.4, 0.5) is 0 Å². The van der Waals surface area contributed by atoms with Crippen LogP contribution in [0.25, 0.3) is 0 Å². The first-order valence-electron chi connectivity index (χ1n) is 5.94. The Morgan fingerprint density at radius 3 is 2.80 bits per heavy atom. The summed E-state index contributed by atoms with van der Waals surface area (Å²) < 4.78 is 0. The molecule has 2 atom stereocenters. The summed E-state index contributed by atoms with van der Waals surface area (Å²) in [5.74, 6) is 2.80. The third-order valence-corrected chi connectivity index (χ3v) is 3.31. The topological polar surface area (TPSA) is 15.3 Å². The van der Waals surface area contributed by atoms with Crippen LogP contribution < -0.4 is 5.32 Å². The van der Waals surface area contributed by atoms with Gasteiger partial charge < -0.3 is 5.32 Å². The van der Waals surface area contributed by atoms with E-state index in [4.69, 9.17) is 6.42 Å². The normalized spacial score (nSPS) is 28.3. The van der Waals surface area contributed by atoms with E-state index < -0.39 is 0 Å². The van der Waals surface area contributed by atoms with E-state index in [1.165, 1.54) is 0 Å². The highest BCUT2D eigenvalue weighted by Gasteiger charge is 2.33. The molecule has 1 saturated heterocycles. The highest BCUT2D eigenvalue weighted by Crippen LogP contribution is 2.20. The molecule has 0 aromatic heterocycles. The summed E-state index contributed by atoms with van der Waals surface area (Å²) in [4.78, 5) is 2.57. The minimum absolute atomic E-state index is 0.217. The first kappa shape index (κ1) is 12.5. The SMILES string of the molecule is C#CCC(CC)N1CC(C)(C)NCC1C. The molecule has 2 heteroatoms. The average molecular weight is 208 g/mol. The van der Waals surface area contributed by atoms with Crippen LogP contribution in [-0.2, 0) is 0 Å². The van der Waals surface area contributed by atoms with E-state index in [9.17, 15) is 0 Å². The maximum atomic E-state index is 5.43. The smallest absolute Gasteiger partial charge is 0.0253 e. The van der Waals surface area contributed by atoms with E-state index in [-0.39, 0.29) is 5.54 Å². The van der Waals surface area contributed by atoms with Crippen molar-refractivity contribution in [2.24, 2.45) is 0 Å². The zero-order valence-corrected chi connectivity index (χ0v) is 10.5. The second kappa shape index (κ2) is 5.01. The molecule has 0 aromatic carbocycles. The second-order valence-corrected chi connectivity index (χ2v) is 5.26. The Morgan fingerprint density at radius 2 is 2.27 bits per heavy atom. The van der Waals surface area contributed by atoms with Crippen LogP contribution in [0.1, 0.15) is 40.5 Å². The lowest BCUT2D eigenvalue weighted by atomic mass is 9.96. The minimum Gasteiger partial charge on any atom is -0.309 e. The predicted octanol–water partition coefficient (Wildman–Crippen LogP) is 1.86. The molecule has 0 amide bonds. The number of hydrogen-bond acceptors (Lipinski definition) is 2. The second-order valence-electron chi connectivity index (χ2n) is 5.26. The minimum atomic E-state index is 0.217. The predicted molar refractivity (Wildman–Crippen MR) is 65.8 cm³/mol. The maximum Gasteiger partial charge on any atom is 0.0253 e. The molecule has 2 nitrogen and oxygen atoms in total. The van der Waals surface area contributed by atoms with Gasteiger partial charge in [0.05, 0.1) is 0 Å². The molecular weight excluding hydrogens is 184 g/mol. The van der Waals surface area contributed by atoms with Crippen molar-refractivity contribution in [3.8, 4) is 12.3 Å². The van der Waals surface area contributed by atoms with Crippen LogP contribution in [0.15, 0.2) is 0 Å². The van der Waals surface area contributed by atoms with Gasteiger partial charge in [-0.2, -0.15) is 0 Å². The van der Waals surface area contributed by atoms with E-state index in [1.807, 2.05) is 0 Å². The fourth-order valence-electron chi connectivity index (χ4n) is 2.33. The van der Waals surface area contributed by atoms with Crippen LogP contribution in [0.2, 0.25) is 0 Å². The molecule has 1 N–H and O–H groups in total. The fraction of sp³-hybridized carbons (Fsp3) is 0.846. The summed E-state index contributed by atoms with van der Waals surface area (Å²) in [6.07, 6.45) is 7.45. The van der Waals surface area contributed by atoms with Gasteiger partial charge in [-0.3, -0.25) is 4.90 Å². The summed E-state index contributed by atoms with van der Waals surface area (Å²) >= 11 is 0. The van der Waals surface area contributed by atoms with Crippen molar-refractivity contribution < 1.29 is 0 Å². The van der Waals surface area contributed by atoms with Gasteiger partial charge in [0.1, 0.15) is 0 Å². The lowest BCUT2D eigenvalue weighted by Gasteiger charge is -2.46. The summed E-state index contributed by atoms with van der Waals surface area (Å²) in [6.45, 7) is 11.2. The number of terminal acetylenes is 1. The van der Waals surface area contributed by atoms with Gasteiger partial charge in [0.2, 0.25) is 0 Å². The molecule has 1 aliphatic rings. The van der Waals surface area contributed by atoms with Gasteiger partial charge in [0.25, 0.3) is 0 Å². The lowest BCUT2D eigenvalue weighted by molar-refractivity contribution is 0.0622. The third kappa shape index (κ3) is 3.22. The standard InChI is InChI=1S/C13H24N2/c1-6-8-12(7-2)15-10-13(4,5)14-9-11(15)3/h1,11-12,14H,7-10H2,2-5H3. The number of rotatable bonds is 3. The van der Waals surface area contributed by atoms with E-state index in [0.717, 1.165) is 25.9 Å². The van der Waals surface area contributed by atoms with Crippen LogP contribution >= 0.6 is 0 Å². The van der Waals surface area contributed by atoms with Gasteiger partial charge in [0, 0.05) is 37.1 Å². The lowest BCUT2D eigenvalue weighted by Crippen LogP contribution is -2.62. The van der Waals surface area contributed by atoms with Crippen LogP contribution in [0.5, 0.6) is 0 Å². The summed E-state index contributed by atoms with van der Waals surface area (Å²) in [5, 5.41) is 3.57. The molecule has 1 aliphatic heterocycles. The Balaban J connectivity index is 2.68. The molecule has 1 fully saturated rings. The van der Waals surface area contributed by atoms with Crippen molar-refractivity contribution in [2.75, 3.05) is 13.1 Å². The molecule has 0 aromatic rings. The Kier molecular flexibility index (Phi) is 4.19. The number of nitrogens with one attached hydrogen (secondary N) is 1. The summed E-state index contributed by atoms with van der Waals surface area (Å²) in [5.41, 5.74) is 0.217. The van der Waals surface area contributed by atoms with Crippen molar-refractivity contribution >= 4 is 0 Å². The number of hydrogen-bond donors (Lipinski definition) is 1.